The number of rotatable bonds is 6. The van der Waals surface area contributed by atoms with E-state index in [1.807, 2.05) is 54.1 Å². The van der Waals surface area contributed by atoms with Crippen LogP contribution in [0.3, 0.4) is 0 Å². The number of benzene rings is 4. The molecule has 7 rings (SSSR count). The van der Waals surface area contributed by atoms with Crippen LogP contribution >= 0.6 is 11.3 Å². The fourth-order valence-electron chi connectivity index (χ4n) is 5.82. The summed E-state index contributed by atoms with van der Waals surface area (Å²) in [5.74, 6) is 7.82. The zero-order valence-electron chi connectivity index (χ0n) is 29.7. The Morgan fingerprint density at radius 2 is 1.47 bits per heavy atom. The van der Waals surface area contributed by atoms with Crippen LogP contribution < -0.4 is 9.58 Å². The maximum absolute atomic E-state index is 4.71. The van der Waals surface area contributed by atoms with Crippen molar-refractivity contribution < 1.29 is 20.1 Å². The molecule has 0 saturated heterocycles. The molecule has 7 aromatic rings. The van der Waals surface area contributed by atoms with Gasteiger partial charge in [0.1, 0.15) is 0 Å². The van der Waals surface area contributed by atoms with Gasteiger partial charge in [0.25, 0.3) is 0 Å². The van der Waals surface area contributed by atoms with Crippen molar-refractivity contribution in [1.82, 2.24) is 9.97 Å². The number of hydrogen-bond acceptors (Lipinski definition) is 3. The van der Waals surface area contributed by atoms with Gasteiger partial charge in [-0.05, 0) is 22.9 Å². The Balaban J connectivity index is 0.000000233. The molecule has 3 heterocycles. The second-order valence-corrected chi connectivity index (χ2v) is 31.5. The summed E-state index contributed by atoms with van der Waals surface area (Å²) in [6.07, 6.45) is 3.94. The summed E-state index contributed by atoms with van der Waals surface area (Å²) in [7, 11) is -1.23. The van der Waals surface area contributed by atoms with Gasteiger partial charge in [0, 0.05) is 26.3 Å². The Morgan fingerprint density at radius 1 is 0.714 bits per heavy atom. The third-order valence-electron chi connectivity index (χ3n) is 8.84. The van der Waals surface area contributed by atoms with Gasteiger partial charge < -0.3 is 4.98 Å². The van der Waals surface area contributed by atoms with Crippen LogP contribution in [-0.4, -0.2) is 31.3 Å². The topological polar surface area (TPSA) is 25.8 Å². The average Bonchev–Trinajstić information content (AvgIpc) is 3.48. The number of nitrogens with zero attached hydrogens (tertiary/aromatic N) is 2. The number of fused-ring (bicyclic) bond motifs is 3. The molecule has 1 radical (unpaired) electrons. The minimum atomic E-state index is -1.81. The second-order valence-electron chi connectivity index (χ2n) is 14.8. The molecule has 0 spiro atoms. The Kier molecular flexibility index (Phi) is 11.6. The van der Waals surface area contributed by atoms with Crippen molar-refractivity contribution in [2.75, 3.05) is 0 Å². The Morgan fingerprint density at radius 3 is 2.10 bits per heavy atom. The van der Waals surface area contributed by atoms with Gasteiger partial charge in [-0.2, -0.15) is 0 Å². The van der Waals surface area contributed by atoms with E-state index in [1.165, 1.54) is 42.0 Å². The van der Waals surface area contributed by atoms with Gasteiger partial charge in [-0.3, -0.25) is 0 Å². The van der Waals surface area contributed by atoms with Crippen LogP contribution in [0, 0.1) is 12.1 Å². The number of thiophene rings is 1. The smallest absolute Gasteiger partial charge is 0.0795 e. The van der Waals surface area contributed by atoms with Crippen LogP contribution in [0.15, 0.2) is 116 Å². The summed E-state index contributed by atoms with van der Waals surface area (Å²) in [6, 6.07) is 43.5. The number of aromatic nitrogens is 2. The average molecular weight is 914 g/mol. The monoisotopic (exact) mass is 915 g/mol. The third kappa shape index (κ3) is 8.41. The molecule has 0 unspecified atom stereocenters. The van der Waals surface area contributed by atoms with Crippen molar-refractivity contribution >= 4 is 62.4 Å². The van der Waals surface area contributed by atoms with Crippen molar-refractivity contribution in [3.63, 3.8) is 0 Å². The quantitative estimate of drug-likeness (QED) is 0.123. The normalized spacial score (nSPS) is 11.7. The largest absolute Gasteiger partial charge is 0.305 e. The molecule has 0 N–H and O–H groups in total. The summed E-state index contributed by atoms with van der Waals surface area (Å²) in [4.78, 5) is 9.23. The first kappa shape index (κ1) is 37.1. The molecule has 0 aliphatic rings. The molecule has 251 valence electrons. The van der Waals surface area contributed by atoms with E-state index in [0.717, 1.165) is 22.5 Å². The summed E-state index contributed by atoms with van der Waals surface area (Å²) < 4.78 is 4.16. The van der Waals surface area contributed by atoms with E-state index in [0.29, 0.717) is 5.92 Å². The fourth-order valence-corrected chi connectivity index (χ4v) is 10.6. The summed E-state index contributed by atoms with van der Waals surface area (Å²) >= 11 is 0.0542. The molecule has 6 heteroatoms. The first-order valence-corrected chi connectivity index (χ1v) is 28.4. The number of pyridine rings is 2. The van der Waals surface area contributed by atoms with Crippen LogP contribution in [0.5, 0.6) is 0 Å². The molecular formula is C43H44GeIrN2SSi-2. The standard InChI is InChI=1S/C29H28GeNS.C14H16NSi.Ir/c1-19(2)21-16-17-31-27(18-21)26-11-7-10-25-24-9-6-8-23(28(24)32-29(25)26)20-12-14-22(15-13-20)30(3,4)5;1-16(2,3)13-9-10-14(15-11-13)12-7-5-4-6-8-12;/h6-10,12-19H,1-5H3;4-7,9-11H,1-3H3;/q2*-1;. The molecule has 49 heavy (non-hydrogen) atoms. The van der Waals surface area contributed by atoms with Crippen molar-refractivity contribution in [1.29, 1.82) is 0 Å². The minimum absolute atomic E-state index is 0. The van der Waals surface area contributed by atoms with Gasteiger partial charge in [0.15, 0.2) is 0 Å². The first-order valence-electron chi connectivity index (χ1n) is 16.8. The van der Waals surface area contributed by atoms with E-state index in [9.17, 15) is 0 Å². The first-order chi connectivity index (χ1) is 22.9. The van der Waals surface area contributed by atoms with Crippen LogP contribution in [0.4, 0.5) is 0 Å². The second kappa shape index (κ2) is 15.4. The van der Waals surface area contributed by atoms with Gasteiger partial charge in [-0.1, -0.05) is 45.6 Å². The molecular weight excluding hydrogens is 869 g/mol. The number of hydrogen-bond donors (Lipinski definition) is 0. The zero-order chi connectivity index (χ0) is 34.1. The van der Waals surface area contributed by atoms with Gasteiger partial charge >= 0.3 is 172 Å². The summed E-state index contributed by atoms with van der Waals surface area (Å²) in [5.41, 5.74) is 8.09. The Bertz CT molecular complexity index is 2160. The molecule has 0 bridgehead atoms. The van der Waals surface area contributed by atoms with E-state index < -0.39 is 21.3 Å². The molecule has 0 amide bonds. The van der Waals surface area contributed by atoms with E-state index >= 15 is 0 Å². The molecule has 0 fully saturated rings. The summed E-state index contributed by atoms with van der Waals surface area (Å²) in [6.45, 7) is 11.4. The predicted octanol–water partition coefficient (Wildman–Crippen LogP) is 11.3. The molecule has 0 saturated carbocycles. The Hall–Kier alpha value is -3.19. The van der Waals surface area contributed by atoms with Gasteiger partial charge in [-0.15, -0.1) is 35.9 Å². The van der Waals surface area contributed by atoms with Gasteiger partial charge in [0.2, 0.25) is 0 Å². The van der Waals surface area contributed by atoms with E-state index in [4.69, 9.17) is 4.98 Å². The van der Waals surface area contributed by atoms with Crippen LogP contribution in [0.2, 0.25) is 36.9 Å². The molecule has 0 aliphatic heterocycles. The van der Waals surface area contributed by atoms with Gasteiger partial charge in [0.05, 0.1) is 8.07 Å². The molecule has 4 aromatic carbocycles. The van der Waals surface area contributed by atoms with Gasteiger partial charge in [-0.25, -0.2) is 0 Å². The molecule has 0 atom stereocenters. The van der Waals surface area contributed by atoms with Crippen molar-refractivity contribution in [3.8, 4) is 33.6 Å². The van der Waals surface area contributed by atoms with Crippen LogP contribution in [0.25, 0.3) is 53.8 Å². The maximum Gasteiger partial charge on any atom is 0.0795 e. The SMILES string of the molecule is CC(C)c1ccnc(-c2[c-]ccc3c2sc2c(-c4cc[c]([Ge]([CH3])([CH3])[CH3])cc4)cccc23)c1.C[Si](C)(C)c1ccc(-c2[c-]cccc2)nc1.[Ir]. The maximum atomic E-state index is 4.71. The predicted molar refractivity (Wildman–Crippen MR) is 215 cm³/mol. The van der Waals surface area contributed by atoms with Crippen LogP contribution in [-0.2, 0) is 20.1 Å². The summed E-state index contributed by atoms with van der Waals surface area (Å²) in [5, 5.41) is 4.00. The van der Waals surface area contributed by atoms with Crippen molar-refractivity contribution in [2.24, 2.45) is 0 Å². The molecule has 2 nitrogen and oxygen atoms in total. The fraction of sp³-hybridized carbons (Fsp3) is 0.209. The van der Waals surface area contributed by atoms with Crippen LogP contribution in [0.1, 0.15) is 25.3 Å². The van der Waals surface area contributed by atoms with E-state index in [-0.39, 0.29) is 20.1 Å². The van der Waals surface area contributed by atoms with E-state index in [2.05, 4.69) is 141 Å². The molecule has 0 aliphatic carbocycles. The minimum Gasteiger partial charge on any atom is -0.305 e. The third-order valence-corrected chi connectivity index (χ3v) is 16.5. The van der Waals surface area contributed by atoms with Crippen molar-refractivity contribution in [3.05, 3.63) is 133 Å². The molecule has 3 aromatic heterocycles. The zero-order valence-corrected chi connectivity index (χ0v) is 36.0. The van der Waals surface area contributed by atoms with E-state index in [1.54, 1.807) is 4.40 Å². The Labute approximate surface area is 313 Å². The van der Waals surface area contributed by atoms with Crippen molar-refractivity contribution in [2.45, 2.75) is 56.7 Å².